The molecule has 1 N–H and O–H groups in total. The molecule has 3 aromatic rings. The first kappa shape index (κ1) is 10.5. The van der Waals surface area contributed by atoms with Crippen LogP contribution in [0.3, 0.4) is 0 Å². The van der Waals surface area contributed by atoms with Crippen LogP contribution in [0.1, 0.15) is 11.3 Å². The lowest BCUT2D eigenvalue weighted by molar-refractivity contribution is -0.110. The number of para-hydroxylation sites is 1. The molecule has 1 aliphatic heterocycles. The smallest absolute Gasteiger partial charge is 0.256 e. The van der Waals surface area contributed by atoms with Crippen LogP contribution in [0.15, 0.2) is 42.0 Å². The van der Waals surface area contributed by atoms with Gasteiger partial charge in [-0.2, -0.15) is 0 Å². The fourth-order valence-corrected chi connectivity index (χ4v) is 2.98. The first-order chi connectivity index (χ1) is 9.33. The lowest BCUT2D eigenvalue weighted by atomic mass is 10.1. The first-order valence-electron chi connectivity index (χ1n) is 5.86. The molecule has 0 saturated carbocycles. The van der Waals surface area contributed by atoms with E-state index in [9.17, 15) is 4.79 Å². The van der Waals surface area contributed by atoms with Crippen molar-refractivity contribution in [3.05, 3.63) is 53.3 Å². The van der Waals surface area contributed by atoms with Crippen LogP contribution in [0.5, 0.6) is 0 Å². The highest BCUT2D eigenvalue weighted by Gasteiger charge is 2.23. The van der Waals surface area contributed by atoms with Gasteiger partial charge in [0.1, 0.15) is 0 Å². The minimum atomic E-state index is -0.0635. The number of imidazole rings is 1. The van der Waals surface area contributed by atoms with Crippen molar-refractivity contribution in [2.75, 3.05) is 5.32 Å². The molecule has 0 fully saturated rings. The molecule has 1 aromatic carbocycles. The van der Waals surface area contributed by atoms with Crippen molar-refractivity contribution in [1.29, 1.82) is 0 Å². The molecule has 5 heteroatoms. The van der Waals surface area contributed by atoms with Gasteiger partial charge in [0.15, 0.2) is 4.96 Å². The van der Waals surface area contributed by atoms with Crippen LogP contribution in [-0.4, -0.2) is 15.3 Å². The summed E-state index contributed by atoms with van der Waals surface area (Å²) in [6, 6.07) is 7.71. The minimum absolute atomic E-state index is 0.0635. The Morgan fingerprint density at radius 1 is 1.32 bits per heavy atom. The van der Waals surface area contributed by atoms with Gasteiger partial charge in [-0.05, 0) is 12.1 Å². The highest BCUT2D eigenvalue weighted by molar-refractivity contribution is 7.15. The van der Waals surface area contributed by atoms with E-state index in [1.807, 2.05) is 46.3 Å². The number of nitrogens with zero attached hydrogens (tertiary/aromatic N) is 2. The Morgan fingerprint density at radius 3 is 3.16 bits per heavy atom. The van der Waals surface area contributed by atoms with E-state index in [0.29, 0.717) is 5.57 Å². The van der Waals surface area contributed by atoms with Crippen molar-refractivity contribution in [1.82, 2.24) is 9.38 Å². The fraction of sp³-hybridized carbons (Fsp3) is 0. The Kier molecular flexibility index (Phi) is 2.10. The Labute approximate surface area is 113 Å². The highest BCUT2D eigenvalue weighted by Crippen LogP contribution is 2.32. The molecule has 3 heterocycles. The van der Waals surface area contributed by atoms with E-state index >= 15 is 0 Å². The quantitative estimate of drug-likeness (QED) is 0.689. The maximum atomic E-state index is 12.0. The van der Waals surface area contributed by atoms with Gasteiger partial charge in [-0.25, -0.2) is 4.98 Å². The van der Waals surface area contributed by atoms with Gasteiger partial charge in [-0.3, -0.25) is 9.20 Å². The lowest BCUT2D eigenvalue weighted by Crippen LogP contribution is -2.03. The van der Waals surface area contributed by atoms with Gasteiger partial charge in [-0.1, -0.05) is 18.2 Å². The molecule has 0 saturated heterocycles. The average Bonchev–Trinajstić information content (AvgIpc) is 3.07. The fourth-order valence-electron chi connectivity index (χ4n) is 2.28. The predicted molar refractivity (Wildman–Crippen MR) is 76.0 cm³/mol. The van der Waals surface area contributed by atoms with Crippen LogP contribution >= 0.6 is 11.3 Å². The number of nitrogens with one attached hydrogen (secondary N) is 1. The molecule has 4 nitrogen and oxygen atoms in total. The van der Waals surface area contributed by atoms with Gasteiger partial charge in [-0.15, -0.1) is 11.3 Å². The van der Waals surface area contributed by atoms with Crippen molar-refractivity contribution < 1.29 is 4.79 Å². The molecule has 0 bridgehead atoms. The Bertz CT molecular complexity index is 828. The molecule has 19 heavy (non-hydrogen) atoms. The SMILES string of the molecule is O=C1Nc2ccccc2C1=Cc1cnc2sccn12. The normalized spacial score (nSPS) is 16.0. The summed E-state index contributed by atoms with van der Waals surface area (Å²) < 4.78 is 1.98. The van der Waals surface area contributed by atoms with Gasteiger partial charge < -0.3 is 5.32 Å². The number of rotatable bonds is 1. The van der Waals surface area contributed by atoms with E-state index < -0.39 is 0 Å². The van der Waals surface area contributed by atoms with E-state index in [4.69, 9.17) is 0 Å². The second kappa shape index (κ2) is 3.80. The van der Waals surface area contributed by atoms with Crippen molar-refractivity contribution in [3.8, 4) is 0 Å². The summed E-state index contributed by atoms with van der Waals surface area (Å²) in [7, 11) is 0. The van der Waals surface area contributed by atoms with E-state index in [1.54, 1.807) is 17.5 Å². The lowest BCUT2D eigenvalue weighted by Gasteiger charge is -1.97. The predicted octanol–water partition coefficient (Wildman–Crippen LogP) is 2.89. The summed E-state index contributed by atoms with van der Waals surface area (Å²) in [5.74, 6) is -0.0635. The molecule has 4 rings (SSSR count). The third-order valence-corrected chi connectivity index (χ3v) is 3.95. The van der Waals surface area contributed by atoms with Crippen molar-refractivity contribution in [3.63, 3.8) is 0 Å². The summed E-state index contributed by atoms with van der Waals surface area (Å²) in [5, 5.41) is 4.85. The second-order valence-electron chi connectivity index (χ2n) is 4.30. The van der Waals surface area contributed by atoms with Gasteiger partial charge in [0.25, 0.3) is 5.91 Å². The van der Waals surface area contributed by atoms with E-state index in [2.05, 4.69) is 10.3 Å². The van der Waals surface area contributed by atoms with Crippen molar-refractivity contribution in [2.24, 2.45) is 0 Å². The number of thiazole rings is 1. The van der Waals surface area contributed by atoms with Crippen LogP contribution in [0.4, 0.5) is 5.69 Å². The maximum absolute atomic E-state index is 12.0. The van der Waals surface area contributed by atoms with E-state index in [0.717, 1.165) is 21.9 Å². The molecule has 2 aromatic heterocycles. The molecule has 92 valence electrons. The van der Waals surface area contributed by atoms with Gasteiger partial charge >= 0.3 is 0 Å². The number of carbonyl (C=O) groups is 1. The summed E-state index contributed by atoms with van der Waals surface area (Å²) in [6.45, 7) is 0. The number of fused-ring (bicyclic) bond motifs is 2. The third kappa shape index (κ3) is 1.52. The van der Waals surface area contributed by atoms with Crippen molar-refractivity contribution in [2.45, 2.75) is 0 Å². The number of amides is 1. The van der Waals surface area contributed by atoms with E-state index in [-0.39, 0.29) is 5.91 Å². The van der Waals surface area contributed by atoms with Crippen LogP contribution in [0.2, 0.25) is 0 Å². The molecule has 0 unspecified atom stereocenters. The zero-order chi connectivity index (χ0) is 12.8. The minimum Gasteiger partial charge on any atom is -0.321 e. The number of carbonyl (C=O) groups excluding carboxylic acids is 1. The molecule has 1 aliphatic rings. The topological polar surface area (TPSA) is 46.4 Å². The Morgan fingerprint density at radius 2 is 2.21 bits per heavy atom. The zero-order valence-electron chi connectivity index (χ0n) is 9.83. The number of benzene rings is 1. The van der Waals surface area contributed by atoms with Crippen LogP contribution < -0.4 is 5.32 Å². The molecule has 0 spiro atoms. The maximum Gasteiger partial charge on any atom is 0.256 e. The van der Waals surface area contributed by atoms with Gasteiger partial charge in [0.2, 0.25) is 0 Å². The molecule has 0 atom stereocenters. The third-order valence-electron chi connectivity index (χ3n) is 3.18. The monoisotopic (exact) mass is 267 g/mol. The van der Waals surface area contributed by atoms with Crippen LogP contribution in [-0.2, 0) is 4.79 Å². The van der Waals surface area contributed by atoms with Crippen molar-refractivity contribution >= 4 is 39.5 Å². The Hall–Kier alpha value is -2.40. The molecule has 0 aliphatic carbocycles. The average molecular weight is 267 g/mol. The number of aromatic nitrogens is 2. The Balaban J connectivity index is 1.91. The highest BCUT2D eigenvalue weighted by atomic mass is 32.1. The molecular weight excluding hydrogens is 258 g/mol. The summed E-state index contributed by atoms with van der Waals surface area (Å²) in [5.41, 5.74) is 3.41. The van der Waals surface area contributed by atoms with Gasteiger partial charge in [0.05, 0.1) is 17.5 Å². The second-order valence-corrected chi connectivity index (χ2v) is 5.17. The molecule has 1 amide bonds. The molecular formula is C14H9N3OS. The number of hydrogen-bond acceptors (Lipinski definition) is 3. The number of anilines is 1. The van der Waals surface area contributed by atoms with E-state index in [1.165, 1.54) is 0 Å². The first-order valence-corrected chi connectivity index (χ1v) is 6.74. The summed E-state index contributed by atoms with van der Waals surface area (Å²) in [4.78, 5) is 17.3. The van der Waals surface area contributed by atoms with Crippen LogP contribution in [0.25, 0.3) is 16.6 Å². The van der Waals surface area contributed by atoms with Gasteiger partial charge in [0, 0.05) is 22.8 Å². The molecule has 0 radical (unpaired) electrons. The standard InChI is InChI=1S/C14H9N3OS/c18-13-11(10-3-1-2-4-12(10)16-13)7-9-8-15-14-17(9)5-6-19-14/h1-8H,(H,16,18). The zero-order valence-corrected chi connectivity index (χ0v) is 10.6. The largest absolute Gasteiger partial charge is 0.321 e. The summed E-state index contributed by atoms with van der Waals surface area (Å²) in [6.07, 6.45) is 5.62. The number of hydrogen-bond donors (Lipinski definition) is 1. The summed E-state index contributed by atoms with van der Waals surface area (Å²) >= 11 is 1.57. The van der Waals surface area contributed by atoms with Crippen LogP contribution in [0, 0.1) is 0 Å².